The van der Waals surface area contributed by atoms with Crippen LogP contribution in [0.2, 0.25) is 0 Å². The van der Waals surface area contributed by atoms with E-state index in [0.717, 1.165) is 31.6 Å². The van der Waals surface area contributed by atoms with Crippen molar-refractivity contribution < 1.29 is 9.59 Å². The Kier molecular flexibility index (Phi) is 6.22. The Morgan fingerprint density at radius 2 is 1.67 bits per heavy atom. The quantitative estimate of drug-likeness (QED) is 0.869. The summed E-state index contributed by atoms with van der Waals surface area (Å²) in [6.45, 7) is 5.82. The minimum absolute atomic E-state index is 0.0189. The lowest BCUT2D eigenvalue weighted by Crippen LogP contribution is -2.32. The second-order valence-electron chi connectivity index (χ2n) is 7.37. The molecule has 2 aromatic rings. The van der Waals surface area contributed by atoms with E-state index in [9.17, 15) is 9.59 Å². The molecule has 0 bridgehead atoms. The minimum Gasteiger partial charge on any atom is -0.339 e. The first kappa shape index (κ1) is 19.1. The molecule has 142 valence electrons. The Morgan fingerprint density at radius 3 is 2.30 bits per heavy atom. The summed E-state index contributed by atoms with van der Waals surface area (Å²) >= 11 is 0. The summed E-state index contributed by atoms with van der Waals surface area (Å²) in [6.07, 6.45) is 5.95. The van der Waals surface area contributed by atoms with Crippen molar-refractivity contribution >= 4 is 17.5 Å². The topological polar surface area (TPSA) is 62.3 Å². The molecule has 5 nitrogen and oxygen atoms in total. The summed E-state index contributed by atoms with van der Waals surface area (Å²) in [7, 11) is 0. The zero-order valence-electron chi connectivity index (χ0n) is 16.1. The highest BCUT2D eigenvalue weighted by molar-refractivity contribution is 6.04. The first-order chi connectivity index (χ1) is 13.0. The molecule has 1 saturated heterocycles. The molecule has 1 fully saturated rings. The average molecular weight is 365 g/mol. The van der Waals surface area contributed by atoms with Gasteiger partial charge < -0.3 is 10.2 Å². The maximum absolute atomic E-state index is 12.8. The van der Waals surface area contributed by atoms with Crippen LogP contribution in [0.1, 0.15) is 71.9 Å². The van der Waals surface area contributed by atoms with E-state index in [1.165, 1.54) is 24.6 Å². The normalized spacial score (nSPS) is 14.7. The molecular formula is C22H27N3O2. The number of likely N-dealkylation sites (tertiary alicyclic amines) is 1. The molecular weight excluding hydrogens is 338 g/mol. The Bertz CT molecular complexity index is 791. The monoisotopic (exact) mass is 365 g/mol. The van der Waals surface area contributed by atoms with Crippen molar-refractivity contribution in [2.75, 3.05) is 18.4 Å². The number of rotatable bonds is 4. The summed E-state index contributed by atoms with van der Waals surface area (Å²) in [4.78, 5) is 31.3. The number of amides is 2. The van der Waals surface area contributed by atoms with Crippen LogP contribution in [0.15, 0.2) is 42.6 Å². The molecule has 0 radical (unpaired) electrons. The Hall–Kier alpha value is -2.69. The highest BCUT2D eigenvalue weighted by Gasteiger charge is 2.19. The highest BCUT2D eigenvalue weighted by atomic mass is 16.2. The standard InChI is InChI=1S/C22H27N3O2/c1-16(2)17-7-9-19(10-8-17)24-21(26)20-15-18(11-12-23-20)22(27)25-13-5-3-4-6-14-25/h7-12,15-16H,3-6,13-14H2,1-2H3,(H,24,26). The van der Waals surface area contributed by atoms with Gasteiger partial charge in [-0.2, -0.15) is 0 Å². The van der Waals surface area contributed by atoms with Crippen molar-refractivity contribution in [2.45, 2.75) is 45.4 Å². The van der Waals surface area contributed by atoms with Gasteiger partial charge in [0.1, 0.15) is 5.69 Å². The first-order valence-electron chi connectivity index (χ1n) is 9.71. The number of hydrogen-bond donors (Lipinski definition) is 1. The van der Waals surface area contributed by atoms with Crippen LogP contribution in [0, 0.1) is 0 Å². The van der Waals surface area contributed by atoms with E-state index in [1.807, 2.05) is 29.2 Å². The lowest BCUT2D eigenvalue weighted by Gasteiger charge is -2.20. The molecule has 0 unspecified atom stereocenters. The highest BCUT2D eigenvalue weighted by Crippen LogP contribution is 2.18. The molecule has 1 aromatic carbocycles. The fourth-order valence-corrected chi connectivity index (χ4v) is 3.29. The second-order valence-corrected chi connectivity index (χ2v) is 7.37. The predicted octanol–water partition coefficient (Wildman–Crippen LogP) is 4.47. The summed E-state index contributed by atoms with van der Waals surface area (Å²) in [6, 6.07) is 11.1. The third kappa shape index (κ3) is 4.94. The summed E-state index contributed by atoms with van der Waals surface area (Å²) in [5.74, 6) is 0.116. The van der Waals surface area contributed by atoms with Crippen LogP contribution in [0.5, 0.6) is 0 Å². The predicted molar refractivity (Wildman–Crippen MR) is 107 cm³/mol. The zero-order chi connectivity index (χ0) is 19.2. The average Bonchev–Trinajstić information content (AvgIpc) is 2.97. The molecule has 0 saturated carbocycles. The van der Waals surface area contributed by atoms with Gasteiger partial charge in [0.05, 0.1) is 0 Å². The summed E-state index contributed by atoms with van der Waals surface area (Å²) in [5, 5.41) is 2.85. The maximum Gasteiger partial charge on any atom is 0.274 e. The van der Waals surface area contributed by atoms with E-state index in [4.69, 9.17) is 0 Å². The van der Waals surface area contributed by atoms with Crippen LogP contribution in [-0.4, -0.2) is 34.8 Å². The molecule has 1 N–H and O–H groups in total. The molecule has 1 aromatic heterocycles. The molecule has 5 heteroatoms. The van der Waals surface area contributed by atoms with Crippen LogP contribution < -0.4 is 5.32 Å². The van der Waals surface area contributed by atoms with Gasteiger partial charge in [-0.05, 0) is 48.6 Å². The van der Waals surface area contributed by atoms with Crippen molar-refractivity contribution in [1.82, 2.24) is 9.88 Å². The van der Waals surface area contributed by atoms with Crippen LogP contribution in [0.4, 0.5) is 5.69 Å². The van der Waals surface area contributed by atoms with E-state index in [1.54, 1.807) is 12.1 Å². The number of hydrogen-bond acceptors (Lipinski definition) is 3. The Morgan fingerprint density at radius 1 is 1.00 bits per heavy atom. The molecule has 2 amide bonds. The second kappa shape index (κ2) is 8.80. The maximum atomic E-state index is 12.8. The van der Waals surface area contributed by atoms with Crippen molar-refractivity contribution in [3.05, 3.63) is 59.4 Å². The SMILES string of the molecule is CC(C)c1ccc(NC(=O)c2cc(C(=O)N3CCCCCC3)ccn2)cc1. The lowest BCUT2D eigenvalue weighted by atomic mass is 10.0. The third-order valence-electron chi connectivity index (χ3n) is 4.97. The number of anilines is 1. The first-order valence-corrected chi connectivity index (χ1v) is 9.71. The van der Waals surface area contributed by atoms with E-state index in [-0.39, 0.29) is 17.5 Å². The van der Waals surface area contributed by atoms with Gasteiger partial charge in [-0.1, -0.05) is 38.8 Å². The van der Waals surface area contributed by atoms with Gasteiger partial charge in [-0.3, -0.25) is 14.6 Å². The lowest BCUT2D eigenvalue weighted by molar-refractivity contribution is 0.0761. The van der Waals surface area contributed by atoms with Crippen molar-refractivity contribution in [3.8, 4) is 0 Å². The van der Waals surface area contributed by atoms with Crippen molar-refractivity contribution in [2.24, 2.45) is 0 Å². The van der Waals surface area contributed by atoms with Crippen molar-refractivity contribution in [3.63, 3.8) is 0 Å². The summed E-state index contributed by atoms with van der Waals surface area (Å²) < 4.78 is 0. The molecule has 2 heterocycles. The number of pyridine rings is 1. The van der Waals surface area contributed by atoms with Gasteiger partial charge in [0.15, 0.2) is 0 Å². The van der Waals surface area contributed by atoms with Gasteiger partial charge in [0.2, 0.25) is 0 Å². The Labute approximate surface area is 160 Å². The summed E-state index contributed by atoms with van der Waals surface area (Å²) in [5.41, 5.74) is 2.71. The van der Waals surface area contributed by atoms with E-state index >= 15 is 0 Å². The fraction of sp³-hybridized carbons (Fsp3) is 0.409. The minimum atomic E-state index is -0.308. The molecule has 3 rings (SSSR count). The number of carbonyl (C=O) groups is 2. The van der Waals surface area contributed by atoms with Gasteiger partial charge in [-0.15, -0.1) is 0 Å². The smallest absolute Gasteiger partial charge is 0.274 e. The van der Waals surface area contributed by atoms with E-state index in [2.05, 4.69) is 24.1 Å². The van der Waals surface area contributed by atoms with Crippen LogP contribution in [0.3, 0.4) is 0 Å². The van der Waals surface area contributed by atoms with Crippen LogP contribution in [-0.2, 0) is 0 Å². The number of carbonyl (C=O) groups excluding carboxylic acids is 2. The number of nitrogens with one attached hydrogen (secondary N) is 1. The molecule has 0 spiro atoms. The Balaban J connectivity index is 1.70. The number of benzene rings is 1. The van der Waals surface area contributed by atoms with Gasteiger partial charge in [0, 0.05) is 30.5 Å². The fourth-order valence-electron chi connectivity index (χ4n) is 3.29. The zero-order valence-corrected chi connectivity index (χ0v) is 16.1. The number of aromatic nitrogens is 1. The molecule has 27 heavy (non-hydrogen) atoms. The van der Waals surface area contributed by atoms with Gasteiger partial charge in [-0.25, -0.2) is 0 Å². The van der Waals surface area contributed by atoms with E-state index in [0.29, 0.717) is 11.5 Å². The van der Waals surface area contributed by atoms with E-state index < -0.39 is 0 Å². The van der Waals surface area contributed by atoms with Crippen molar-refractivity contribution in [1.29, 1.82) is 0 Å². The third-order valence-corrected chi connectivity index (χ3v) is 4.97. The van der Waals surface area contributed by atoms with Gasteiger partial charge in [0.25, 0.3) is 11.8 Å². The van der Waals surface area contributed by atoms with Crippen LogP contribution >= 0.6 is 0 Å². The molecule has 1 aliphatic rings. The molecule has 1 aliphatic heterocycles. The van der Waals surface area contributed by atoms with Crippen LogP contribution in [0.25, 0.3) is 0 Å². The van der Waals surface area contributed by atoms with Gasteiger partial charge >= 0.3 is 0 Å². The number of nitrogens with zero attached hydrogens (tertiary/aromatic N) is 2. The molecule has 0 atom stereocenters. The largest absolute Gasteiger partial charge is 0.339 e. The molecule has 0 aliphatic carbocycles.